The Balaban J connectivity index is 0.00000288. The number of hydrogen-bond donors (Lipinski definition) is 2. The van der Waals surface area contributed by atoms with E-state index >= 15 is 0 Å². The van der Waals surface area contributed by atoms with Gasteiger partial charge in [0.2, 0.25) is 11.8 Å². The standard InChI is InChI=1S/C17H32N4O2.2ClH/c1-17(18)9-5-4-6-14(17)16(23)19-13-7-10-21(11-8-13)12-15(22)20(2)3;;/h13-14H,4-12,18H2,1-3H3,(H,19,23);2*1H. The molecule has 25 heavy (non-hydrogen) atoms. The van der Waals surface area contributed by atoms with Crippen molar-refractivity contribution in [2.75, 3.05) is 33.7 Å². The third-order valence-corrected chi connectivity index (χ3v) is 5.36. The van der Waals surface area contributed by atoms with Crippen LogP contribution in [0.25, 0.3) is 0 Å². The molecule has 0 radical (unpaired) electrons. The minimum Gasteiger partial charge on any atom is -0.353 e. The van der Waals surface area contributed by atoms with Crippen molar-refractivity contribution >= 4 is 36.6 Å². The number of amides is 2. The minimum absolute atomic E-state index is 0. The van der Waals surface area contributed by atoms with Crippen LogP contribution in [0.4, 0.5) is 0 Å². The smallest absolute Gasteiger partial charge is 0.236 e. The monoisotopic (exact) mass is 396 g/mol. The van der Waals surface area contributed by atoms with Gasteiger partial charge in [-0.05, 0) is 32.6 Å². The Kier molecular flexibility index (Phi) is 10.3. The molecule has 2 atom stereocenters. The largest absolute Gasteiger partial charge is 0.353 e. The summed E-state index contributed by atoms with van der Waals surface area (Å²) in [6.45, 7) is 4.19. The van der Waals surface area contributed by atoms with Gasteiger partial charge in [-0.2, -0.15) is 0 Å². The first kappa shape index (κ1) is 24.4. The second-order valence-electron chi connectivity index (χ2n) is 7.65. The van der Waals surface area contributed by atoms with Gasteiger partial charge in [0.25, 0.3) is 0 Å². The first-order valence-electron chi connectivity index (χ1n) is 8.81. The molecule has 3 N–H and O–H groups in total. The van der Waals surface area contributed by atoms with Gasteiger partial charge in [-0.3, -0.25) is 14.5 Å². The third-order valence-electron chi connectivity index (χ3n) is 5.36. The van der Waals surface area contributed by atoms with Crippen LogP contribution in [-0.4, -0.2) is 66.9 Å². The van der Waals surface area contributed by atoms with Crippen molar-refractivity contribution < 1.29 is 9.59 Å². The SMILES string of the molecule is CN(C)C(=O)CN1CCC(NC(=O)C2CCCCC2(C)N)CC1.Cl.Cl. The molecule has 1 aliphatic heterocycles. The van der Waals surface area contributed by atoms with Gasteiger partial charge in [0, 0.05) is 38.8 Å². The van der Waals surface area contributed by atoms with E-state index in [4.69, 9.17) is 5.73 Å². The van der Waals surface area contributed by atoms with Crippen molar-refractivity contribution in [2.24, 2.45) is 11.7 Å². The zero-order valence-electron chi connectivity index (χ0n) is 15.6. The summed E-state index contributed by atoms with van der Waals surface area (Å²) in [6.07, 6.45) is 5.84. The molecule has 2 fully saturated rings. The average Bonchev–Trinajstić information content (AvgIpc) is 2.48. The van der Waals surface area contributed by atoms with Gasteiger partial charge in [-0.25, -0.2) is 0 Å². The molecule has 2 rings (SSSR count). The van der Waals surface area contributed by atoms with E-state index in [0.29, 0.717) is 6.54 Å². The lowest BCUT2D eigenvalue weighted by Crippen LogP contribution is -2.55. The maximum absolute atomic E-state index is 12.6. The molecule has 8 heteroatoms. The van der Waals surface area contributed by atoms with E-state index in [2.05, 4.69) is 10.2 Å². The number of nitrogens with zero attached hydrogens (tertiary/aromatic N) is 2. The molecule has 2 amide bonds. The number of nitrogens with one attached hydrogen (secondary N) is 1. The van der Waals surface area contributed by atoms with E-state index in [-0.39, 0.29) is 54.1 Å². The fourth-order valence-electron chi connectivity index (χ4n) is 3.66. The van der Waals surface area contributed by atoms with Crippen LogP contribution >= 0.6 is 24.8 Å². The second kappa shape index (κ2) is 10.6. The van der Waals surface area contributed by atoms with Crippen molar-refractivity contribution in [3.8, 4) is 0 Å². The Morgan fingerprint density at radius 1 is 1.16 bits per heavy atom. The van der Waals surface area contributed by atoms with Crippen molar-refractivity contribution in [3.05, 3.63) is 0 Å². The summed E-state index contributed by atoms with van der Waals surface area (Å²) >= 11 is 0. The Hall–Kier alpha value is -0.560. The van der Waals surface area contributed by atoms with E-state index in [1.165, 1.54) is 0 Å². The van der Waals surface area contributed by atoms with Crippen LogP contribution in [0.1, 0.15) is 45.4 Å². The molecule has 2 aliphatic rings. The van der Waals surface area contributed by atoms with Crippen LogP contribution in [0.2, 0.25) is 0 Å². The topological polar surface area (TPSA) is 78.7 Å². The molecular weight excluding hydrogens is 363 g/mol. The van der Waals surface area contributed by atoms with Crippen molar-refractivity contribution in [3.63, 3.8) is 0 Å². The van der Waals surface area contributed by atoms with Gasteiger partial charge in [-0.1, -0.05) is 12.8 Å². The van der Waals surface area contributed by atoms with Gasteiger partial charge in [0.1, 0.15) is 0 Å². The minimum atomic E-state index is -0.374. The molecule has 1 saturated heterocycles. The van der Waals surface area contributed by atoms with Crippen LogP contribution in [0.3, 0.4) is 0 Å². The van der Waals surface area contributed by atoms with Crippen LogP contribution in [-0.2, 0) is 9.59 Å². The van der Waals surface area contributed by atoms with Crippen molar-refractivity contribution in [2.45, 2.75) is 57.0 Å². The molecule has 0 aromatic heterocycles. The maximum atomic E-state index is 12.6. The summed E-state index contributed by atoms with van der Waals surface area (Å²) in [5, 5.41) is 3.20. The number of likely N-dealkylation sites (tertiary alicyclic amines) is 1. The predicted octanol–water partition coefficient (Wildman–Crippen LogP) is 1.41. The average molecular weight is 397 g/mol. The van der Waals surface area contributed by atoms with Crippen LogP contribution in [0, 0.1) is 5.92 Å². The lowest BCUT2D eigenvalue weighted by molar-refractivity contribution is -0.131. The molecule has 148 valence electrons. The molecule has 0 aromatic carbocycles. The molecule has 1 saturated carbocycles. The van der Waals surface area contributed by atoms with Gasteiger partial charge in [0.15, 0.2) is 0 Å². The highest BCUT2D eigenvalue weighted by atomic mass is 35.5. The third kappa shape index (κ3) is 6.93. The predicted molar refractivity (Wildman–Crippen MR) is 105 cm³/mol. The Morgan fingerprint density at radius 3 is 2.28 bits per heavy atom. The molecule has 0 spiro atoms. The Labute approximate surface area is 164 Å². The Bertz CT molecular complexity index is 438. The van der Waals surface area contributed by atoms with E-state index in [9.17, 15) is 9.59 Å². The number of rotatable bonds is 4. The van der Waals surface area contributed by atoms with Crippen LogP contribution < -0.4 is 11.1 Å². The number of nitrogens with two attached hydrogens (primary N) is 1. The summed E-state index contributed by atoms with van der Waals surface area (Å²) < 4.78 is 0. The molecule has 2 unspecified atom stereocenters. The normalized spacial score (nSPS) is 27.6. The number of likely N-dealkylation sites (N-methyl/N-ethyl adjacent to an activating group) is 1. The zero-order valence-corrected chi connectivity index (χ0v) is 17.3. The first-order chi connectivity index (χ1) is 10.8. The highest BCUT2D eigenvalue weighted by Crippen LogP contribution is 2.31. The highest BCUT2D eigenvalue weighted by Gasteiger charge is 2.38. The number of hydrogen-bond acceptors (Lipinski definition) is 4. The van der Waals surface area contributed by atoms with E-state index in [0.717, 1.165) is 51.6 Å². The van der Waals surface area contributed by atoms with Gasteiger partial charge in [-0.15, -0.1) is 24.8 Å². The summed E-state index contributed by atoms with van der Waals surface area (Å²) in [5.41, 5.74) is 5.95. The molecular formula is C17H34Cl2N4O2. The van der Waals surface area contributed by atoms with Crippen LogP contribution in [0.15, 0.2) is 0 Å². The molecule has 1 aliphatic carbocycles. The fourth-order valence-corrected chi connectivity index (χ4v) is 3.66. The molecule has 0 bridgehead atoms. The maximum Gasteiger partial charge on any atom is 0.236 e. The summed E-state index contributed by atoms with van der Waals surface area (Å²) in [6, 6.07) is 0.214. The Morgan fingerprint density at radius 2 is 1.76 bits per heavy atom. The summed E-state index contributed by atoms with van der Waals surface area (Å²) in [5.74, 6) is 0.190. The van der Waals surface area contributed by atoms with E-state index in [1.807, 2.05) is 6.92 Å². The molecule has 6 nitrogen and oxygen atoms in total. The number of carbonyl (C=O) groups is 2. The van der Waals surface area contributed by atoms with E-state index in [1.54, 1.807) is 19.0 Å². The highest BCUT2D eigenvalue weighted by molar-refractivity contribution is 5.85. The number of halogens is 2. The number of carbonyl (C=O) groups excluding carboxylic acids is 2. The van der Waals surface area contributed by atoms with Gasteiger partial charge >= 0.3 is 0 Å². The van der Waals surface area contributed by atoms with E-state index < -0.39 is 0 Å². The quantitative estimate of drug-likeness (QED) is 0.752. The molecule has 0 aromatic rings. The van der Waals surface area contributed by atoms with Crippen molar-refractivity contribution in [1.82, 2.24) is 15.1 Å². The van der Waals surface area contributed by atoms with Gasteiger partial charge in [0.05, 0.1) is 12.5 Å². The number of piperidine rings is 1. The lowest BCUT2D eigenvalue weighted by Gasteiger charge is -2.39. The first-order valence-corrected chi connectivity index (χ1v) is 8.81. The zero-order chi connectivity index (χ0) is 17.0. The summed E-state index contributed by atoms with van der Waals surface area (Å²) in [7, 11) is 3.56. The second-order valence-corrected chi connectivity index (χ2v) is 7.65. The van der Waals surface area contributed by atoms with Crippen molar-refractivity contribution in [1.29, 1.82) is 0 Å². The summed E-state index contributed by atoms with van der Waals surface area (Å²) in [4.78, 5) is 28.1. The molecule has 1 heterocycles. The van der Waals surface area contributed by atoms with Crippen LogP contribution in [0.5, 0.6) is 0 Å². The van der Waals surface area contributed by atoms with Gasteiger partial charge < -0.3 is 16.0 Å². The fraction of sp³-hybridized carbons (Fsp3) is 0.882. The lowest BCUT2D eigenvalue weighted by atomic mass is 9.74.